The van der Waals surface area contributed by atoms with Gasteiger partial charge in [-0.2, -0.15) is 31.1 Å². The Labute approximate surface area is 196 Å². The van der Waals surface area contributed by atoms with Crippen molar-refractivity contribution < 1.29 is 34.8 Å². The predicted octanol–water partition coefficient (Wildman–Crippen LogP) is 5.04. The number of sulfonamides is 1. The van der Waals surface area contributed by atoms with Crippen LogP contribution in [0.4, 0.5) is 32.0 Å². The summed E-state index contributed by atoms with van der Waals surface area (Å²) in [7, 11) is -4.58. The number of halogens is 6. The maximum atomic E-state index is 13.2. The molecule has 190 valence electrons. The second-order valence-electron chi connectivity index (χ2n) is 8.92. The Morgan fingerprint density at radius 1 is 1.06 bits per heavy atom. The third kappa shape index (κ3) is 4.44. The molecule has 0 unspecified atom stereocenters. The molecule has 1 aliphatic rings. The van der Waals surface area contributed by atoms with Crippen molar-refractivity contribution in [2.75, 3.05) is 5.73 Å². The van der Waals surface area contributed by atoms with E-state index in [0.717, 1.165) is 43.8 Å². The average molecular weight is 521 g/mol. The third-order valence-electron chi connectivity index (χ3n) is 6.04. The molecule has 0 amide bonds. The molecule has 35 heavy (non-hydrogen) atoms. The first-order valence-electron chi connectivity index (χ1n) is 10.5. The highest BCUT2D eigenvalue weighted by atomic mass is 32.2. The number of nitrogens with two attached hydrogens (primary N) is 1. The Kier molecular flexibility index (Phi) is 5.83. The number of hydrogen-bond acceptors (Lipinski definition) is 5. The molecule has 0 aliphatic heterocycles. The summed E-state index contributed by atoms with van der Waals surface area (Å²) in [6.07, 6.45) is -5.50. The van der Waals surface area contributed by atoms with E-state index in [0.29, 0.717) is 13.8 Å². The van der Waals surface area contributed by atoms with Gasteiger partial charge in [-0.15, -0.1) is 0 Å². The average Bonchev–Trinajstić information content (AvgIpc) is 2.96. The molecule has 1 aliphatic carbocycles. The highest BCUT2D eigenvalue weighted by Crippen LogP contribution is 2.44. The van der Waals surface area contributed by atoms with E-state index in [1.807, 2.05) is 0 Å². The molecule has 0 bridgehead atoms. The smallest absolute Gasteiger partial charge is 0.396 e. The van der Waals surface area contributed by atoms with Crippen LogP contribution in [0.2, 0.25) is 0 Å². The summed E-state index contributed by atoms with van der Waals surface area (Å²) in [5.41, 5.74) is 3.18. The van der Waals surface area contributed by atoms with Crippen LogP contribution in [-0.4, -0.2) is 34.7 Å². The van der Waals surface area contributed by atoms with Gasteiger partial charge in [0.1, 0.15) is 16.1 Å². The Bertz CT molecular complexity index is 1370. The van der Waals surface area contributed by atoms with E-state index in [-0.39, 0.29) is 34.2 Å². The van der Waals surface area contributed by atoms with Gasteiger partial charge in [-0.05, 0) is 51.3 Å². The largest absolute Gasteiger partial charge is 0.417 e. The lowest BCUT2D eigenvalue weighted by Crippen LogP contribution is -2.54. The number of fused-ring (bicyclic) bond motifs is 1. The number of alkyl halides is 6. The number of aromatic nitrogens is 3. The number of nitrogens with zero attached hydrogens (tertiary/aromatic N) is 3. The summed E-state index contributed by atoms with van der Waals surface area (Å²) < 4.78 is 107. The maximum Gasteiger partial charge on any atom is 0.417 e. The van der Waals surface area contributed by atoms with E-state index in [4.69, 9.17) is 5.73 Å². The molecular formula is C21H21F6N5O2S. The minimum Gasteiger partial charge on any atom is -0.396 e. The highest BCUT2D eigenvalue weighted by molar-refractivity contribution is 7.89. The zero-order chi connectivity index (χ0) is 26.0. The second kappa shape index (κ2) is 8.08. The van der Waals surface area contributed by atoms with Gasteiger partial charge in [-0.3, -0.25) is 4.98 Å². The van der Waals surface area contributed by atoms with Crippen LogP contribution in [0.25, 0.3) is 22.4 Å². The Morgan fingerprint density at radius 2 is 1.71 bits per heavy atom. The monoisotopic (exact) mass is 521 g/mol. The second-order valence-corrected chi connectivity index (χ2v) is 10.6. The van der Waals surface area contributed by atoms with Gasteiger partial charge < -0.3 is 10.3 Å². The number of nitrogen functional groups attached to an aromatic ring is 1. The predicted molar refractivity (Wildman–Crippen MR) is 116 cm³/mol. The molecule has 0 radical (unpaired) electrons. The summed E-state index contributed by atoms with van der Waals surface area (Å²) in [4.78, 5) is 7.57. The van der Waals surface area contributed by atoms with Gasteiger partial charge in [0.25, 0.3) is 0 Å². The fourth-order valence-corrected chi connectivity index (χ4v) is 5.10. The summed E-state index contributed by atoms with van der Waals surface area (Å²) >= 11 is 0. The van der Waals surface area contributed by atoms with E-state index < -0.39 is 38.4 Å². The lowest BCUT2D eigenvalue weighted by Gasteiger charge is -2.29. The quantitative estimate of drug-likeness (QED) is 0.458. The SMILES string of the molecule is CC(C)(NS(=O)(=O)c1ccc(-c2c(N)c3cc(C(F)(F)F)cnc3n2C2CCC2)nc1)C(F)(F)F. The number of anilines is 1. The molecule has 3 heterocycles. The van der Waals surface area contributed by atoms with Crippen LogP contribution >= 0.6 is 0 Å². The molecule has 1 fully saturated rings. The van der Waals surface area contributed by atoms with E-state index in [1.165, 1.54) is 6.07 Å². The molecule has 0 atom stereocenters. The van der Waals surface area contributed by atoms with E-state index in [2.05, 4.69) is 9.97 Å². The molecule has 3 N–H and O–H groups in total. The van der Waals surface area contributed by atoms with Crippen molar-refractivity contribution in [2.24, 2.45) is 0 Å². The number of pyridine rings is 2. The Morgan fingerprint density at radius 3 is 2.20 bits per heavy atom. The van der Waals surface area contributed by atoms with Gasteiger partial charge in [-0.25, -0.2) is 13.4 Å². The molecule has 4 rings (SSSR count). The van der Waals surface area contributed by atoms with Crippen LogP contribution in [0.15, 0.2) is 35.5 Å². The van der Waals surface area contributed by atoms with Crippen LogP contribution in [-0.2, 0) is 16.2 Å². The Balaban J connectivity index is 1.79. The molecule has 3 aromatic rings. The van der Waals surface area contributed by atoms with Crippen molar-refractivity contribution in [3.8, 4) is 11.4 Å². The van der Waals surface area contributed by atoms with Crippen molar-refractivity contribution in [3.63, 3.8) is 0 Å². The van der Waals surface area contributed by atoms with Gasteiger partial charge in [-0.1, -0.05) is 0 Å². The van der Waals surface area contributed by atoms with Crippen molar-refractivity contribution in [2.45, 2.75) is 61.9 Å². The zero-order valence-electron chi connectivity index (χ0n) is 18.5. The fourth-order valence-electron chi connectivity index (χ4n) is 3.76. The summed E-state index contributed by atoms with van der Waals surface area (Å²) in [6.45, 7) is 1.37. The summed E-state index contributed by atoms with van der Waals surface area (Å²) in [6, 6.07) is 3.12. The van der Waals surface area contributed by atoms with Gasteiger partial charge in [0.2, 0.25) is 10.0 Å². The summed E-state index contributed by atoms with van der Waals surface area (Å²) in [5, 5.41) is 0.0776. The van der Waals surface area contributed by atoms with Crippen LogP contribution in [0, 0.1) is 0 Å². The first-order chi connectivity index (χ1) is 16.0. The van der Waals surface area contributed by atoms with Crippen LogP contribution < -0.4 is 10.5 Å². The Hall–Kier alpha value is -2.87. The van der Waals surface area contributed by atoms with Crippen LogP contribution in [0.5, 0.6) is 0 Å². The number of hydrogen-bond donors (Lipinski definition) is 2. The fraction of sp³-hybridized carbons (Fsp3) is 0.429. The molecule has 3 aromatic heterocycles. The number of nitrogens with one attached hydrogen (secondary N) is 1. The molecule has 0 aromatic carbocycles. The van der Waals surface area contributed by atoms with Crippen LogP contribution in [0.1, 0.15) is 44.7 Å². The maximum absolute atomic E-state index is 13.2. The minimum absolute atomic E-state index is 0.00932. The van der Waals surface area contributed by atoms with Gasteiger partial charge in [0, 0.05) is 23.8 Å². The van der Waals surface area contributed by atoms with Crippen LogP contribution in [0.3, 0.4) is 0 Å². The van der Waals surface area contributed by atoms with Crippen molar-refractivity contribution in [3.05, 3.63) is 36.2 Å². The van der Waals surface area contributed by atoms with Crippen molar-refractivity contribution in [1.29, 1.82) is 0 Å². The van der Waals surface area contributed by atoms with E-state index in [1.54, 1.807) is 9.29 Å². The molecule has 7 nitrogen and oxygen atoms in total. The molecule has 14 heteroatoms. The lowest BCUT2D eigenvalue weighted by molar-refractivity contribution is -0.180. The third-order valence-corrected chi connectivity index (χ3v) is 7.68. The van der Waals surface area contributed by atoms with Crippen molar-refractivity contribution in [1.82, 2.24) is 19.3 Å². The molecule has 1 saturated carbocycles. The zero-order valence-corrected chi connectivity index (χ0v) is 19.3. The minimum atomic E-state index is -4.84. The highest BCUT2D eigenvalue weighted by Gasteiger charge is 2.50. The molecule has 0 spiro atoms. The number of rotatable bonds is 5. The summed E-state index contributed by atoms with van der Waals surface area (Å²) in [5.74, 6) is 0. The molecule has 0 saturated heterocycles. The van der Waals surface area contributed by atoms with Gasteiger partial charge in [0.05, 0.1) is 22.6 Å². The van der Waals surface area contributed by atoms with E-state index >= 15 is 0 Å². The standard InChI is InChI=1S/C21H21F6N5O2S/c1-19(2,21(25,26)27)31-35(33,34)13-6-7-15(29-10-13)17-16(28)14-8-11(20(22,23)24)9-30-18(14)32(17)12-4-3-5-12/h6-10,12,31H,3-5,28H2,1-2H3. The van der Waals surface area contributed by atoms with E-state index in [9.17, 15) is 34.8 Å². The topological polar surface area (TPSA) is 103 Å². The first-order valence-corrected chi connectivity index (χ1v) is 11.9. The van der Waals surface area contributed by atoms with Gasteiger partial charge >= 0.3 is 12.4 Å². The first kappa shape index (κ1) is 25.2. The van der Waals surface area contributed by atoms with Gasteiger partial charge in [0.15, 0.2) is 0 Å². The lowest BCUT2D eigenvalue weighted by atomic mass is 9.92. The normalized spacial score (nSPS) is 16.0. The molecular weight excluding hydrogens is 500 g/mol. The van der Waals surface area contributed by atoms with Crippen molar-refractivity contribution >= 4 is 26.7 Å².